The molecular weight excluding hydrogens is 1190 g/mol. The van der Waals surface area contributed by atoms with Crippen LogP contribution in [-0.2, 0) is 85.9 Å². The fraction of sp³-hybridized carbons (Fsp3) is 0.911. The van der Waals surface area contributed by atoms with Gasteiger partial charge in [-0.15, -0.1) is 0 Å². The first kappa shape index (κ1) is 70.8. The Morgan fingerprint density at radius 3 is 1.67 bits per heavy atom. The Kier molecular flexibility index (Phi) is 24.6. The topological polar surface area (TPSA) is 613 Å². The quantitative estimate of drug-likeness (QED) is 0.0422. The molecule has 6 aliphatic rings. The molecule has 40 heteroatoms. The number of carboxylic acids is 1. The zero-order valence-electron chi connectivity index (χ0n) is 45.4. The standard InChI is InChI=1S/C45H75N3O36S/c1-11-24(57)30(63)32(65)41(75-11)82-38-31(64)26(59)17(7-50)78-43(38)80-34-20(10-74-85(70,71)72)79-40(22(29(34)62)47-13(3)53)73-9-19-28(61)35(23(39(67)76-19)48-14(4)54)81-42-33(66)37(27(60)18(8-51)77-42)84-45(44(68)69)5-15(55)21(46-12(2)52)36(83-45)25(58)16(56)6-49/h11,15-43,49-51,55-67H,5-10H2,1-4H3,(H,46,52)(H,47,53)(H,48,54)(H,68,69)(H,70,71,72)/t11-,15-,16+,17+,18+,19+,20+,21+,22+,23+,24+,25+,26-,27-,28-,29+,30+,31-,32-,33+,34+,35+,36+,37-,38+,39+,40+,41-,42-,43-,45-/m0/s1. The molecule has 6 saturated heterocycles. The summed E-state index contributed by atoms with van der Waals surface area (Å²) in [5.74, 6) is -8.06. The van der Waals surface area contributed by atoms with Crippen molar-refractivity contribution in [3.05, 3.63) is 0 Å². The first-order valence-electron chi connectivity index (χ1n) is 26.2. The van der Waals surface area contributed by atoms with E-state index in [0.29, 0.717) is 0 Å². The molecule has 0 unspecified atom stereocenters. The average molecular weight is 1270 g/mol. The second-order valence-corrected chi connectivity index (χ2v) is 22.0. The molecule has 0 aromatic heterocycles. The first-order chi connectivity index (χ1) is 39.7. The molecule has 492 valence electrons. The van der Waals surface area contributed by atoms with E-state index in [4.69, 9.17) is 52.1 Å². The molecule has 0 aliphatic carbocycles. The molecule has 39 nitrogen and oxygen atoms in total. The highest BCUT2D eigenvalue weighted by Gasteiger charge is 2.61. The summed E-state index contributed by atoms with van der Waals surface area (Å²) in [6, 6.07) is -5.47. The number of hydrogen-bond acceptors (Lipinski definition) is 34. The SMILES string of the molecule is CC(=O)N[C@@H]1[C@@H](O[C@@H]2O[C@H](CO)[C@H](O)[C@H](O[C@]3(C(=O)O)C[C@H](O)[C@@H](NC(C)=O)[C@H]([C@H](O)[C@H](O)CO)O3)[C@H]2O)[C@@H](O)[C@@H](CO[C@@H]2O[C@H](COS(=O)(=O)O)[C@@H](O[C@@H]3O[C@H](CO)[C@H](O)[C@H](O)[C@H]3O[C@@H]3O[C@@H](C)[C@@H](O)[C@@H](O)[C@@H]3O)[C@H](O)[C@H]2NC(C)=O)O[C@H]1O. The average Bonchev–Trinajstić information content (AvgIpc) is 1.61. The largest absolute Gasteiger partial charge is 0.477 e. The molecule has 85 heavy (non-hydrogen) atoms. The minimum Gasteiger partial charge on any atom is -0.477 e. The summed E-state index contributed by atoms with van der Waals surface area (Å²) in [7, 11) is -5.40. The van der Waals surface area contributed by atoms with Gasteiger partial charge in [0, 0.05) is 27.2 Å². The molecule has 0 radical (unpaired) electrons. The van der Waals surface area contributed by atoms with E-state index < -0.39 is 263 Å². The molecular formula is C45H75N3O36S. The third-order valence-electron chi connectivity index (χ3n) is 14.8. The molecule has 6 aliphatic heterocycles. The van der Waals surface area contributed by atoms with Crippen LogP contribution in [0, 0.1) is 0 Å². The number of ether oxygens (including phenoxy) is 11. The van der Waals surface area contributed by atoms with Crippen LogP contribution in [0.15, 0.2) is 0 Å². The number of aliphatic hydroxyl groups excluding tert-OH is 16. The van der Waals surface area contributed by atoms with Crippen LogP contribution in [0.5, 0.6) is 0 Å². The van der Waals surface area contributed by atoms with Crippen molar-refractivity contribution >= 4 is 34.1 Å². The highest BCUT2D eigenvalue weighted by molar-refractivity contribution is 7.80. The second-order valence-electron chi connectivity index (χ2n) is 20.9. The van der Waals surface area contributed by atoms with Crippen LogP contribution in [0.3, 0.4) is 0 Å². The van der Waals surface area contributed by atoms with Gasteiger partial charge in [0.1, 0.15) is 134 Å². The molecule has 0 saturated carbocycles. The number of amides is 3. The van der Waals surface area contributed by atoms with Gasteiger partial charge < -0.3 is 155 Å². The summed E-state index contributed by atoms with van der Waals surface area (Å²) in [6.45, 7) is -1.62. The second kappa shape index (κ2) is 29.5. The number of carbonyl (C=O) groups is 4. The maximum Gasteiger partial charge on any atom is 0.397 e. The normalized spacial score (nSPS) is 45.2. The van der Waals surface area contributed by atoms with Gasteiger partial charge in [-0.25, -0.2) is 8.98 Å². The van der Waals surface area contributed by atoms with Crippen LogP contribution in [0.25, 0.3) is 0 Å². The van der Waals surface area contributed by atoms with E-state index >= 15 is 0 Å². The number of rotatable bonds is 23. The van der Waals surface area contributed by atoms with Crippen molar-refractivity contribution in [2.75, 3.05) is 33.0 Å². The molecule has 0 bridgehead atoms. The van der Waals surface area contributed by atoms with E-state index in [9.17, 15) is 119 Å². The maximum atomic E-state index is 13.1. The highest BCUT2D eigenvalue weighted by atomic mass is 32.3. The molecule has 0 spiro atoms. The zero-order valence-corrected chi connectivity index (χ0v) is 46.2. The van der Waals surface area contributed by atoms with E-state index in [1.54, 1.807) is 0 Å². The van der Waals surface area contributed by atoms with E-state index in [2.05, 4.69) is 20.1 Å². The van der Waals surface area contributed by atoms with Gasteiger partial charge >= 0.3 is 16.4 Å². The van der Waals surface area contributed by atoms with Gasteiger partial charge in [0.25, 0.3) is 5.79 Å². The highest BCUT2D eigenvalue weighted by Crippen LogP contribution is 2.40. The van der Waals surface area contributed by atoms with Crippen molar-refractivity contribution in [1.82, 2.24) is 16.0 Å². The molecule has 6 rings (SSSR count). The lowest BCUT2D eigenvalue weighted by molar-refractivity contribution is -0.385. The van der Waals surface area contributed by atoms with Gasteiger partial charge in [0.15, 0.2) is 31.5 Å². The van der Waals surface area contributed by atoms with Gasteiger partial charge in [-0.05, 0) is 6.92 Å². The van der Waals surface area contributed by atoms with E-state index in [-0.39, 0.29) is 0 Å². The number of nitrogens with one attached hydrogen (secondary N) is 3. The third-order valence-corrected chi connectivity index (χ3v) is 15.2. The summed E-state index contributed by atoms with van der Waals surface area (Å²) >= 11 is 0. The van der Waals surface area contributed by atoms with E-state index in [1.165, 1.54) is 6.92 Å². The summed E-state index contributed by atoms with van der Waals surface area (Å²) < 4.78 is 101. The van der Waals surface area contributed by atoms with E-state index in [0.717, 1.165) is 20.8 Å². The van der Waals surface area contributed by atoms with Gasteiger partial charge in [-0.2, -0.15) is 8.42 Å². The lowest BCUT2D eigenvalue weighted by Gasteiger charge is -2.51. The first-order valence-corrected chi connectivity index (χ1v) is 27.6. The lowest BCUT2D eigenvalue weighted by atomic mass is 9.88. The monoisotopic (exact) mass is 1270 g/mol. The Morgan fingerprint density at radius 2 is 1.09 bits per heavy atom. The summed E-state index contributed by atoms with van der Waals surface area (Å²) in [5, 5.41) is 191. The molecule has 6 fully saturated rings. The van der Waals surface area contributed by atoms with Gasteiger partial charge in [0.2, 0.25) is 17.7 Å². The van der Waals surface area contributed by atoms with Crippen molar-refractivity contribution in [3.8, 4) is 0 Å². The zero-order chi connectivity index (χ0) is 63.5. The number of hydrogen-bond donors (Lipinski definition) is 21. The minimum absolute atomic E-state index is 0.847. The van der Waals surface area contributed by atoms with Crippen LogP contribution in [0.4, 0.5) is 0 Å². The van der Waals surface area contributed by atoms with Crippen LogP contribution < -0.4 is 16.0 Å². The Bertz CT molecular complexity index is 2340. The molecule has 6 heterocycles. The number of aliphatic hydroxyl groups is 16. The number of carbonyl (C=O) groups excluding carboxylic acids is 3. The van der Waals surface area contributed by atoms with Crippen LogP contribution in [0.2, 0.25) is 0 Å². The number of carboxylic acid groups (broad SMARTS) is 1. The van der Waals surface area contributed by atoms with Crippen molar-refractivity contribution in [2.45, 2.75) is 224 Å². The lowest BCUT2D eigenvalue weighted by Crippen LogP contribution is -2.71. The van der Waals surface area contributed by atoms with Crippen molar-refractivity contribution < 1.29 is 175 Å². The van der Waals surface area contributed by atoms with Crippen molar-refractivity contribution in [3.63, 3.8) is 0 Å². The smallest absolute Gasteiger partial charge is 0.397 e. The van der Waals surface area contributed by atoms with Crippen LogP contribution in [-0.4, -0.2) is 346 Å². The minimum atomic E-state index is -5.40. The van der Waals surface area contributed by atoms with Crippen LogP contribution >= 0.6 is 0 Å². The maximum absolute atomic E-state index is 13.1. The van der Waals surface area contributed by atoms with Gasteiger partial charge in [-0.1, -0.05) is 0 Å². The van der Waals surface area contributed by atoms with Crippen molar-refractivity contribution in [1.29, 1.82) is 0 Å². The molecule has 3 amide bonds. The molecule has 0 aromatic rings. The fourth-order valence-electron chi connectivity index (χ4n) is 10.4. The van der Waals surface area contributed by atoms with Crippen molar-refractivity contribution in [2.24, 2.45) is 0 Å². The number of aliphatic carboxylic acids is 1. The van der Waals surface area contributed by atoms with Gasteiger partial charge in [-0.3, -0.25) is 18.9 Å². The summed E-state index contributed by atoms with van der Waals surface area (Å²) in [5.41, 5.74) is 0. The predicted octanol–water partition coefficient (Wildman–Crippen LogP) is -13.6. The Morgan fingerprint density at radius 1 is 0.565 bits per heavy atom. The van der Waals surface area contributed by atoms with Gasteiger partial charge in [0.05, 0.1) is 51.3 Å². The summed E-state index contributed by atoms with van der Waals surface area (Å²) in [4.78, 5) is 50.4. The summed E-state index contributed by atoms with van der Waals surface area (Å²) in [6.07, 6.45) is -56.8. The Hall–Kier alpha value is -3.33. The Balaban J connectivity index is 1.27. The molecule has 31 atom stereocenters. The predicted molar refractivity (Wildman–Crippen MR) is 260 cm³/mol. The molecule has 0 aromatic carbocycles. The fourth-order valence-corrected chi connectivity index (χ4v) is 10.7. The Labute approximate surface area is 481 Å². The van der Waals surface area contributed by atoms with Crippen LogP contribution in [0.1, 0.15) is 34.1 Å². The molecule has 21 N–H and O–H groups in total. The van der Waals surface area contributed by atoms with E-state index in [1.807, 2.05) is 0 Å². The third kappa shape index (κ3) is 16.4.